The quantitative estimate of drug-likeness (QED) is 0.800. The number of hydrogen-bond donors (Lipinski definition) is 3. The molecular weight excluding hydrogens is 324 g/mol. The predicted molar refractivity (Wildman–Crippen MR) is 94.3 cm³/mol. The second-order valence-electron chi connectivity index (χ2n) is 6.01. The van der Waals surface area contributed by atoms with Crippen molar-refractivity contribution in [3.05, 3.63) is 46.7 Å². The molecule has 2 aliphatic rings. The van der Waals surface area contributed by atoms with Gasteiger partial charge in [-0.1, -0.05) is 18.2 Å². The average molecular weight is 342 g/mol. The SMILES string of the molecule is O=C(NCc1cccs1)NC1CC2C(=O)Nc3ccccc3N2C1. The van der Waals surface area contributed by atoms with Crippen LogP contribution in [0, 0.1) is 0 Å². The molecule has 124 valence electrons. The highest BCUT2D eigenvalue weighted by molar-refractivity contribution is 7.09. The van der Waals surface area contributed by atoms with Crippen molar-refractivity contribution in [2.45, 2.75) is 25.0 Å². The molecule has 1 aromatic heterocycles. The van der Waals surface area contributed by atoms with E-state index >= 15 is 0 Å². The average Bonchev–Trinajstić information content (AvgIpc) is 3.23. The Hall–Kier alpha value is -2.54. The molecule has 3 N–H and O–H groups in total. The van der Waals surface area contributed by atoms with Gasteiger partial charge in [0.15, 0.2) is 0 Å². The van der Waals surface area contributed by atoms with Crippen LogP contribution in [-0.2, 0) is 11.3 Å². The van der Waals surface area contributed by atoms with Crippen molar-refractivity contribution in [2.75, 3.05) is 16.8 Å². The minimum absolute atomic E-state index is 0.00278. The van der Waals surface area contributed by atoms with Crippen LogP contribution in [0.4, 0.5) is 16.2 Å². The summed E-state index contributed by atoms with van der Waals surface area (Å²) in [5.41, 5.74) is 1.85. The van der Waals surface area contributed by atoms with Crippen LogP contribution in [0.15, 0.2) is 41.8 Å². The first kappa shape index (κ1) is 15.0. The molecule has 1 aromatic carbocycles. The van der Waals surface area contributed by atoms with Gasteiger partial charge in [0.25, 0.3) is 0 Å². The van der Waals surface area contributed by atoms with Gasteiger partial charge >= 0.3 is 6.03 Å². The summed E-state index contributed by atoms with van der Waals surface area (Å²) in [7, 11) is 0. The molecule has 0 bridgehead atoms. The van der Waals surface area contributed by atoms with Gasteiger partial charge in [0.05, 0.1) is 24.0 Å². The number of fused-ring (bicyclic) bond motifs is 3. The van der Waals surface area contributed by atoms with Gasteiger partial charge in [0.2, 0.25) is 5.91 Å². The fourth-order valence-electron chi connectivity index (χ4n) is 3.32. The predicted octanol–water partition coefficient (Wildman–Crippen LogP) is 2.15. The van der Waals surface area contributed by atoms with Gasteiger partial charge in [-0.05, 0) is 30.0 Å². The molecule has 1 fully saturated rings. The summed E-state index contributed by atoms with van der Waals surface area (Å²) in [6.07, 6.45) is 0.618. The number of para-hydroxylation sites is 2. The lowest BCUT2D eigenvalue weighted by molar-refractivity contribution is -0.117. The monoisotopic (exact) mass is 342 g/mol. The third kappa shape index (κ3) is 2.82. The van der Waals surface area contributed by atoms with Crippen LogP contribution in [0.1, 0.15) is 11.3 Å². The standard InChI is InChI=1S/C17H18N4O2S/c22-16-15-8-11(19-17(23)18-9-12-4-3-7-24-12)10-21(15)14-6-2-1-5-13(14)20-16/h1-7,11,15H,8-10H2,(H,20,22)(H2,18,19,23). The summed E-state index contributed by atoms with van der Waals surface area (Å²) >= 11 is 1.61. The van der Waals surface area contributed by atoms with Gasteiger partial charge < -0.3 is 20.9 Å². The first-order valence-corrected chi connectivity index (χ1v) is 8.82. The molecule has 0 spiro atoms. The Morgan fingerprint density at radius 1 is 1.29 bits per heavy atom. The number of urea groups is 1. The summed E-state index contributed by atoms with van der Waals surface area (Å²) in [6.45, 7) is 1.16. The molecule has 2 aliphatic heterocycles. The number of nitrogens with zero attached hydrogens (tertiary/aromatic N) is 1. The van der Waals surface area contributed by atoms with Gasteiger partial charge in [0.1, 0.15) is 6.04 Å². The first-order valence-electron chi connectivity index (χ1n) is 7.94. The molecule has 3 heterocycles. The van der Waals surface area contributed by atoms with E-state index in [1.807, 2.05) is 41.8 Å². The minimum Gasteiger partial charge on any atom is -0.356 e. The summed E-state index contributed by atoms with van der Waals surface area (Å²) in [4.78, 5) is 27.6. The number of rotatable bonds is 3. The van der Waals surface area contributed by atoms with E-state index in [9.17, 15) is 9.59 Å². The maximum Gasteiger partial charge on any atom is 0.315 e. The zero-order chi connectivity index (χ0) is 16.5. The molecule has 3 amide bonds. The highest BCUT2D eigenvalue weighted by Gasteiger charge is 2.41. The second kappa shape index (κ2) is 6.16. The zero-order valence-electron chi connectivity index (χ0n) is 13.0. The summed E-state index contributed by atoms with van der Waals surface area (Å²) in [5, 5.41) is 10.8. The Kier molecular flexibility index (Phi) is 3.86. The van der Waals surface area contributed by atoms with E-state index in [2.05, 4.69) is 20.9 Å². The second-order valence-corrected chi connectivity index (χ2v) is 7.05. The van der Waals surface area contributed by atoms with Crippen LogP contribution in [-0.4, -0.2) is 30.6 Å². The molecule has 2 atom stereocenters. The van der Waals surface area contributed by atoms with Crippen LogP contribution in [0.3, 0.4) is 0 Å². The molecule has 0 radical (unpaired) electrons. The van der Waals surface area contributed by atoms with E-state index in [0.29, 0.717) is 19.5 Å². The molecule has 0 aliphatic carbocycles. The van der Waals surface area contributed by atoms with E-state index < -0.39 is 0 Å². The molecule has 2 aromatic rings. The molecule has 4 rings (SSSR count). The van der Waals surface area contributed by atoms with Crippen LogP contribution in [0.2, 0.25) is 0 Å². The molecule has 7 heteroatoms. The highest BCUT2D eigenvalue weighted by atomic mass is 32.1. The van der Waals surface area contributed by atoms with Crippen molar-refractivity contribution in [2.24, 2.45) is 0 Å². The lowest BCUT2D eigenvalue weighted by Crippen LogP contribution is -2.44. The maximum absolute atomic E-state index is 12.3. The first-order chi connectivity index (χ1) is 11.7. The van der Waals surface area contributed by atoms with Gasteiger partial charge in [-0.15, -0.1) is 11.3 Å². The van der Waals surface area contributed by atoms with Gasteiger partial charge in [-0.3, -0.25) is 4.79 Å². The Bertz CT molecular complexity index is 762. The van der Waals surface area contributed by atoms with Crippen molar-refractivity contribution < 1.29 is 9.59 Å². The van der Waals surface area contributed by atoms with Crippen molar-refractivity contribution in [3.8, 4) is 0 Å². The van der Waals surface area contributed by atoms with E-state index in [1.165, 1.54) is 0 Å². The van der Waals surface area contributed by atoms with Crippen LogP contribution in [0.25, 0.3) is 0 Å². The number of thiophene rings is 1. The molecule has 2 unspecified atom stereocenters. The number of carbonyl (C=O) groups excluding carboxylic acids is 2. The largest absolute Gasteiger partial charge is 0.356 e. The van der Waals surface area contributed by atoms with E-state index in [0.717, 1.165) is 16.3 Å². The zero-order valence-corrected chi connectivity index (χ0v) is 13.8. The van der Waals surface area contributed by atoms with Gasteiger partial charge in [0, 0.05) is 11.4 Å². The fourth-order valence-corrected chi connectivity index (χ4v) is 3.96. The van der Waals surface area contributed by atoms with Crippen LogP contribution < -0.4 is 20.9 Å². The molecule has 0 saturated carbocycles. The number of amides is 3. The number of nitrogens with one attached hydrogen (secondary N) is 3. The van der Waals surface area contributed by atoms with Crippen LogP contribution >= 0.6 is 11.3 Å². The van der Waals surface area contributed by atoms with Crippen molar-refractivity contribution >= 4 is 34.6 Å². The summed E-state index contributed by atoms with van der Waals surface area (Å²) in [5.74, 6) is -0.00278. The topological polar surface area (TPSA) is 73.5 Å². The summed E-state index contributed by atoms with van der Waals surface area (Å²) in [6, 6.07) is 11.3. The fraction of sp³-hybridized carbons (Fsp3) is 0.294. The number of benzene rings is 1. The highest BCUT2D eigenvalue weighted by Crippen LogP contribution is 2.36. The maximum atomic E-state index is 12.3. The number of anilines is 2. The minimum atomic E-state index is -0.220. The Labute approximate surface area is 143 Å². The van der Waals surface area contributed by atoms with Crippen molar-refractivity contribution in [1.82, 2.24) is 10.6 Å². The van der Waals surface area contributed by atoms with Crippen molar-refractivity contribution in [1.29, 1.82) is 0 Å². The third-order valence-electron chi connectivity index (χ3n) is 4.41. The van der Waals surface area contributed by atoms with Crippen LogP contribution in [0.5, 0.6) is 0 Å². The molecule has 1 saturated heterocycles. The molecule has 6 nitrogen and oxygen atoms in total. The normalized spacial score (nSPS) is 21.7. The van der Waals surface area contributed by atoms with Gasteiger partial charge in [-0.25, -0.2) is 4.79 Å². The molecule has 24 heavy (non-hydrogen) atoms. The van der Waals surface area contributed by atoms with E-state index in [4.69, 9.17) is 0 Å². The van der Waals surface area contributed by atoms with Crippen molar-refractivity contribution in [3.63, 3.8) is 0 Å². The smallest absolute Gasteiger partial charge is 0.315 e. The van der Waals surface area contributed by atoms with E-state index in [1.54, 1.807) is 11.3 Å². The summed E-state index contributed by atoms with van der Waals surface area (Å²) < 4.78 is 0. The third-order valence-corrected chi connectivity index (χ3v) is 5.29. The molecular formula is C17H18N4O2S. The Morgan fingerprint density at radius 2 is 2.17 bits per heavy atom. The Morgan fingerprint density at radius 3 is 3.00 bits per heavy atom. The van der Waals surface area contributed by atoms with E-state index in [-0.39, 0.29) is 24.0 Å². The van der Waals surface area contributed by atoms with Gasteiger partial charge in [-0.2, -0.15) is 0 Å². The number of carbonyl (C=O) groups is 2. The lowest BCUT2D eigenvalue weighted by atomic mass is 10.1. The Balaban J connectivity index is 1.39. The lowest BCUT2D eigenvalue weighted by Gasteiger charge is -2.32. The number of hydrogen-bond acceptors (Lipinski definition) is 4.